The topological polar surface area (TPSA) is 73.8 Å². The first kappa shape index (κ1) is 25.5. The van der Waals surface area contributed by atoms with Crippen LogP contribution in [0.5, 0.6) is 0 Å². The first-order valence-electron chi connectivity index (χ1n) is 11.9. The molecule has 2 aliphatic heterocycles. The van der Waals surface area contributed by atoms with Crippen LogP contribution in [-0.2, 0) is 9.59 Å². The van der Waals surface area contributed by atoms with Crippen LogP contribution in [0.25, 0.3) is 0 Å². The quantitative estimate of drug-likeness (QED) is 0.612. The largest absolute Gasteiger partial charge is 0.343 e. The lowest BCUT2D eigenvalue weighted by molar-refractivity contribution is -0.141. The Bertz CT molecular complexity index is 1090. The summed E-state index contributed by atoms with van der Waals surface area (Å²) in [5.74, 6) is -0.202. The van der Waals surface area contributed by atoms with Crippen molar-refractivity contribution < 1.29 is 14.4 Å². The van der Waals surface area contributed by atoms with Crippen LogP contribution in [0.1, 0.15) is 48.2 Å². The van der Waals surface area contributed by atoms with E-state index < -0.39 is 0 Å². The molecule has 2 aliphatic rings. The molecule has 0 spiro atoms. The molecule has 2 saturated heterocycles. The number of likely N-dealkylation sites (tertiary alicyclic amines) is 2. The van der Waals surface area contributed by atoms with Gasteiger partial charge >= 0.3 is 0 Å². The van der Waals surface area contributed by atoms with Crippen molar-refractivity contribution >= 4 is 40.9 Å². The van der Waals surface area contributed by atoms with Gasteiger partial charge in [0.2, 0.25) is 11.8 Å². The lowest BCUT2D eigenvalue weighted by atomic mass is 9.84. The first-order valence-corrected chi connectivity index (χ1v) is 12.7. The van der Waals surface area contributed by atoms with E-state index in [9.17, 15) is 14.4 Å². The molecule has 0 N–H and O–H groups in total. The minimum absolute atomic E-state index is 0.0528. The van der Waals surface area contributed by atoms with Crippen molar-refractivity contribution in [2.24, 2.45) is 5.92 Å². The normalized spacial score (nSPS) is 21.0. The second-order valence-corrected chi connectivity index (χ2v) is 10.1. The number of likely N-dealkylation sites (N-methyl/N-ethyl adjacent to an activating group) is 1. The molecule has 0 bridgehead atoms. The SMILES string of the molecule is CC(=O)N1CCC(C(=O)N2CCC(N(C)C(=O)c3ccccn3)C(c3ccc(Cl)c(Cl)c3)C2)CC1. The summed E-state index contributed by atoms with van der Waals surface area (Å²) in [6.07, 6.45) is 3.59. The van der Waals surface area contributed by atoms with Crippen molar-refractivity contribution in [1.82, 2.24) is 19.7 Å². The Labute approximate surface area is 216 Å². The average Bonchev–Trinajstić information content (AvgIpc) is 2.89. The number of hydrogen-bond acceptors (Lipinski definition) is 4. The number of aromatic nitrogens is 1. The fourth-order valence-corrected chi connectivity index (χ4v) is 5.50. The van der Waals surface area contributed by atoms with Gasteiger partial charge in [-0.05, 0) is 49.1 Å². The maximum Gasteiger partial charge on any atom is 0.272 e. The summed E-state index contributed by atoms with van der Waals surface area (Å²) in [5, 5.41) is 0.910. The molecular formula is C26H30Cl2N4O3. The predicted molar refractivity (Wildman–Crippen MR) is 135 cm³/mol. The maximum absolute atomic E-state index is 13.4. The van der Waals surface area contributed by atoms with Crippen LogP contribution in [0.2, 0.25) is 10.0 Å². The molecule has 186 valence electrons. The van der Waals surface area contributed by atoms with Crippen LogP contribution in [0.15, 0.2) is 42.6 Å². The van der Waals surface area contributed by atoms with Crippen LogP contribution >= 0.6 is 23.2 Å². The zero-order valence-electron chi connectivity index (χ0n) is 20.0. The molecular weight excluding hydrogens is 487 g/mol. The third-order valence-electron chi connectivity index (χ3n) is 7.25. The molecule has 2 atom stereocenters. The van der Waals surface area contributed by atoms with Crippen molar-refractivity contribution in [1.29, 1.82) is 0 Å². The van der Waals surface area contributed by atoms with E-state index in [2.05, 4.69) is 4.98 Å². The standard InChI is InChI=1S/C26H30Cl2N4O3/c1-17(33)31-12-8-18(9-13-31)25(34)32-14-10-24(30(2)26(35)23-5-3-4-11-29-23)20(16-32)19-6-7-21(27)22(28)15-19/h3-7,11,15,18,20,24H,8-10,12-14,16H2,1-2H3. The maximum atomic E-state index is 13.4. The smallest absolute Gasteiger partial charge is 0.272 e. The molecule has 3 amide bonds. The van der Waals surface area contributed by atoms with Crippen molar-refractivity contribution in [2.75, 3.05) is 33.2 Å². The molecule has 7 nitrogen and oxygen atoms in total. The Kier molecular flexibility index (Phi) is 7.97. The second kappa shape index (κ2) is 11.0. The second-order valence-electron chi connectivity index (χ2n) is 9.33. The van der Waals surface area contributed by atoms with Crippen molar-refractivity contribution in [3.63, 3.8) is 0 Å². The molecule has 2 fully saturated rings. The highest BCUT2D eigenvalue weighted by atomic mass is 35.5. The number of pyridine rings is 1. The minimum atomic E-state index is -0.156. The highest BCUT2D eigenvalue weighted by molar-refractivity contribution is 6.42. The van der Waals surface area contributed by atoms with Crippen LogP contribution in [0, 0.1) is 5.92 Å². The molecule has 2 aromatic rings. The molecule has 0 aliphatic carbocycles. The molecule has 35 heavy (non-hydrogen) atoms. The van der Waals surface area contributed by atoms with Crippen molar-refractivity contribution in [3.05, 3.63) is 63.9 Å². The monoisotopic (exact) mass is 516 g/mol. The van der Waals surface area contributed by atoms with E-state index in [-0.39, 0.29) is 35.6 Å². The summed E-state index contributed by atoms with van der Waals surface area (Å²) in [6.45, 7) is 3.83. The predicted octanol–water partition coefficient (Wildman–Crippen LogP) is 4.10. The number of carbonyl (C=O) groups excluding carboxylic acids is 3. The molecule has 0 saturated carbocycles. The third kappa shape index (κ3) is 5.62. The zero-order chi connectivity index (χ0) is 25.1. The average molecular weight is 517 g/mol. The van der Waals surface area contributed by atoms with Crippen LogP contribution in [0.3, 0.4) is 0 Å². The van der Waals surface area contributed by atoms with Gasteiger partial charge in [0, 0.05) is 64.2 Å². The molecule has 9 heteroatoms. The highest BCUT2D eigenvalue weighted by Gasteiger charge is 2.39. The van der Waals surface area contributed by atoms with Crippen molar-refractivity contribution in [2.45, 2.75) is 38.1 Å². The molecule has 1 aromatic heterocycles. The number of halogens is 2. The molecule has 3 heterocycles. The van der Waals surface area contributed by atoms with Gasteiger partial charge in [0.05, 0.1) is 10.0 Å². The zero-order valence-corrected chi connectivity index (χ0v) is 21.5. The van der Waals surface area contributed by atoms with Gasteiger partial charge in [-0.1, -0.05) is 35.3 Å². The molecule has 1 aromatic carbocycles. The summed E-state index contributed by atoms with van der Waals surface area (Å²) in [6, 6.07) is 10.7. The van der Waals surface area contributed by atoms with Gasteiger partial charge < -0.3 is 14.7 Å². The van der Waals surface area contributed by atoms with Gasteiger partial charge in [-0.25, -0.2) is 0 Å². The van der Waals surface area contributed by atoms with Crippen LogP contribution in [0.4, 0.5) is 0 Å². The number of hydrogen-bond donors (Lipinski definition) is 0. The number of rotatable bonds is 4. The summed E-state index contributed by atoms with van der Waals surface area (Å²) in [4.78, 5) is 48.0. The number of benzene rings is 1. The first-order chi connectivity index (χ1) is 16.8. The Balaban J connectivity index is 1.55. The number of amides is 3. The Morgan fingerprint density at radius 1 is 0.971 bits per heavy atom. The molecule has 4 rings (SSSR count). The Morgan fingerprint density at radius 2 is 1.69 bits per heavy atom. The van der Waals surface area contributed by atoms with E-state index in [1.54, 1.807) is 54.2 Å². The lowest BCUT2D eigenvalue weighted by Gasteiger charge is -2.44. The van der Waals surface area contributed by atoms with E-state index in [1.165, 1.54) is 0 Å². The highest BCUT2D eigenvalue weighted by Crippen LogP contribution is 2.35. The van der Waals surface area contributed by atoms with Gasteiger partial charge in [-0.2, -0.15) is 0 Å². The number of carbonyl (C=O) groups is 3. The van der Waals surface area contributed by atoms with E-state index in [0.717, 1.165) is 5.56 Å². The van der Waals surface area contributed by atoms with Gasteiger partial charge in [0.25, 0.3) is 5.91 Å². The van der Waals surface area contributed by atoms with Gasteiger partial charge in [0.15, 0.2) is 0 Å². The summed E-state index contributed by atoms with van der Waals surface area (Å²) in [5.41, 5.74) is 1.33. The Morgan fingerprint density at radius 3 is 2.31 bits per heavy atom. The van der Waals surface area contributed by atoms with Crippen LogP contribution in [-0.4, -0.2) is 76.7 Å². The van der Waals surface area contributed by atoms with E-state index in [0.29, 0.717) is 61.2 Å². The molecule has 2 unspecified atom stereocenters. The summed E-state index contributed by atoms with van der Waals surface area (Å²) >= 11 is 12.5. The summed E-state index contributed by atoms with van der Waals surface area (Å²) in [7, 11) is 1.79. The number of nitrogens with zero attached hydrogens (tertiary/aromatic N) is 4. The number of piperidine rings is 2. The Hall–Kier alpha value is -2.64. The van der Waals surface area contributed by atoms with Crippen molar-refractivity contribution in [3.8, 4) is 0 Å². The van der Waals surface area contributed by atoms with Gasteiger partial charge in [-0.3, -0.25) is 19.4 Å². The van der Waals surface area contributed by atoms with Gasteiger partial charge in [-0.15, -0.1) is 0 Å². The minimum Gasteiger partial charge on any atom is -0.343 e. The fourth-order valence-electron chi connectivity index (χ4n) is 5.19. The van der Waals surface area contributed by atoms with E-state index >= 15 is 0 Å². The van der Waals surface area contributed by atoms with E-state index in [1.807, 2.05) is 17.0 Å². The summed E-state index contributed by atoms with van der Waals surface area (Å²) < 4.78 is 0. The third-order valence-corrected chi connectivity index (χ3v) is 7.99. The molecule has 0 radical (unpaired) electrons. The van der Waals surface area contributed by atoms with E-state index in [4.69, 9.17) is 23.2 Å². The lowest BCUT2D eigenvalue weighted by Crippen LogP contribution is -2.53. The fraction of sp³-hybridized carbons (Fsp3) is 0.462. The van der Waals surface area contributed by atoms with Gasteiger partial charge in [0.1, 0.15) is 5.69 Å². The van der Waals surface area contributed by atoms with Crippen LogP contribution < -0.4 is 0 Å².